The summed E-state index contributed by atoms with van der Waals surface area (Å²) in [7, 11) is 0. The SMILES string of the molecule is C.CC(C)c1cccnc1-c1ccccc1Cl. The summed E-state index contributed by atoms with van der Waals surface area (Å²) in [5, 5.41) is 0.753. The van der Waals surface area contributed by atoms with Gasteiger partial charge in [0.15, 0.2) is 0 Å². The normalized spacial score (nSPS) is 10.1. The topological polar surface area (TPSA) is 12.9 Å². The van der Waals surface area contributed by atoms with E-state index >= 15 is 0 Å². The molecule has 0 N–H and O–H groups in total. The van der Waals surface area contributed by atoms with Crippen molar-refractivity contribution in [2.24, 2.45) is 0 Å². The quantitative estimate of drug-likeness (QED) is 0.714. The fourth-order valence-electron chi connectivity index (χ4n) is 1.76. The van der Waals surface area contributed by atoms with Crippen LogP contribution in [0.5, 0.6) is 0 Å². The number of pyridine rings is 1. The zero-order valence-corrected chi connectivity index (χ0v) is 10.2. The Labute approximate surface area is 108 Å². The van der Waals surface area contributed by atoms with E-state index in [9.17, 15) is 0 Å². The summed E-state index contributed by atoms with van der Waals surface area (Å²) in [6.45, 7) is 4.33. The molecule has 0 amide bonds. The lowest BCUT2D eigenvalue weighted by Gasteiger charge is -2.12. The first-order valence-electron chi connectivity index (χ1n) is 5.40. The van der Waals surface area contributed by atoms with Gasteiger partial charge in [-0.3, -0.25) is 4.98 Å². The molecule has 0 spiro atoms. The number of rotatable bonds is 2. The lowest BCUT2D eigenvalue weighted by molar-refractivity contribution is 0.861. The molecule has 90 valence electrons. The molecule has 0 radical (unpaired) electrons. The first kappa shape index (κ1) is 13.7. The van der Waals surface area contributed by atoms with Crippen LogP contribution in [0.25, 0.3) is 11.3 Å². The molecule has 2 rings (SSSR count). The molecule has 0 aliphatic carbocycles. The van der Waals surface area contributed by atoms with Gasteiger partial charge in [-0.25, -0.2) is 0 Å². The second kappa shape index (κ2) is 5.83. The van der Waals surface area contributed by atoms with Gasteiger partial charge in [-0.05, 0) is 23.6 Å². The summed E-state index contributed by atoms with van der Waals surface area (Å²) in [5.74, 6) is 0.444. The minimum Gasteiger partial charge on any atom is -0.256 e. The smallest absolute Gasteiger partial charge is 0.0751 e. The molecule has 1 aromatic heterocycles. The van der Waals surface area contributed by atoms with Crippen LogP contribution in [0.1, 0.15) is 32.8 Å². The molecule has 0 atom stereocenters. The molecule has 0 aliphatic rings. The number of hydrogen-bond acceptors (Lipinski definition) is 1. The zero-order chi connectivity index (χ0) is 11.5. The van der Waals surface area contributed by atoms with Crippen LogP contribution >= 0.6 is 11.6 Å². The summed E-state index contributed by atoms with van der Waals surface area (Å²) in [5.41, 5.74) is 3.23. The first-order valence-corrected chi connectivity index (χ1v) is 5.77. The Kier molecular flexibility index (Phi) is 4.71. The highest BCUT2D eigenvalue weighted by Crippen LogP contribution is 2.31. The fourth-order valence-corrected chi connectivity index (χ4v) is 1.99. The van der Waals surface area contributed by atoms with E-state index in [-0.39, 0.29) is 7.43 Å². The maximum absolute atomic E-state index is 6.20. The highest BCUT2D eigenvalue weighted by atomic mass is 35.5. The van der Waals surface area contributed by atoms with Gasteiger partial charge in [-0.1, -0.05) is 57.1 Å². The number of hydrogen-bond donors (Lipinski definition) is 0. The van der Waals surface area contributed by atoms with Gasteiger partial charge in [0, 0.05) is 16.8 Å². The van der Waals surface area contributed by atoms with Crippen LogP contribution in [-0.4, -0.2) is 4.98 Å². The summed E-state index contributed by atoms with van der Waals surface area (Å²) in [6.07, 6.45) is 1.81. The van der Waals surface area contributed by atoms with E-state index in [1.54, 1.807) is 0 Å². The first-order chi connectivity index (χ1) is 7.70. The largest absolute Gasteiger partial charge is 0.256 e. The monoisotopic (exact) mass is 247 g/mol. The fraction of sp³-hybridized carbons (Fsp3) is 0.267. The Morgan fingerprint density at radius 1 is 1.06 bits per heavy atom. The van der Waals surface area contributed by atoms with Crippen LogP contribution in [0.15, 0.2) is 42.6 Å². The van der Waals surface area contributed by atoms with Gasteiger partial charge in [-0.2, -0.15) is 0 Å². The molecule has 1 aromatic carbocycles. The second-order valence-corrected chi connectivity index (χ2v) is 4.48. The van der Waals surface area contributed by atoms with Crippen LogP contribution in [0.3, 0.4) is 0 Å². The molecule has 2 aromatic rings. The number of benzene rings is 1. The molecule has 1 heterocycles. The van der Waals surface area contributed by atoms with E-state index < -0.39 is 0 Å². The van der Waals surface area contributed by atoms with Gasteiger partial charge in [-0.15, -0.1) is 0 Å². The molecule has 0 bridgehead atoms. The highest BCUT2D eigenvalue weighted by Gasteiger charge is 2.11. The lowest BCUT2D eigenvalue weighted by Crippen LogP contribution is -1.95. The molecule has 0 fully saturated rings. The van der Waals surface area contributed by atoms with Crippen molar-refractivity contribution < 1.29 is 0 Å². The van der Waals surface area contributed by atoms with Gasteiger partial charge in [0.2, 0.25) is 0 Å². The molecule has 0 aliphatic heterocycles. The van der Waals surface area contributed by atoms with E-state index in [1.807, 2.05) is 36.5 Å². The maximum Gasteiger partial charge on any atom is 0.0751 e. The van der Waals surface area contributed by atoms with Crippen molar-refractivity contribution in [2.75, 3.05) is 0 Å². The standard InChI is InChI=1S/C14H14ClN.CH4/c1-10(2)11-7-5-9-16-14(11)12-6-3-4-8-13(12)15;/h3-10H,1-2H3;1H4. The highest BCUT2D eigenvalue weighted by molar-refractivity contribution is 6.33. The Hall–Kier alpha value is -1.34. The van der Waals surface area contributed by atoms with Gasteiger partial charge in [0.05, 0.1) is 5.69 Å². The third-order valence-corrected chi connectivity index (χ3v) is 2.92. The molecule has 17 heavy (non-hydrogen) atoms. The van der Waals surface area contributed by atoms with Gasteiger partial charge in [0.25, 0.3) is 0 Å². The molecular weight excluding hydrogens is 230 g/mol. The van der Waals surface area contributed by atoms with E-state index in [0.29, 0.717) is 5.92 Å². The predicted molar refractivity (Wildman–Crippen MR) is 75.5 cm³/mol. The maximum atomic E-state index is 6.20. The summed E-state index contributed by atoms with van der Waals surface area (Å²) in [4.78, 5) is 4.45. The Bertz CT molecular complexity index is 492. The van der Waals surface area contributed by atoms with E-state index in [4.69, 9.17) is 11.6 Å². The Morgan fingerprint density at radius 2 is 1.76 bits per heavy atom. The molecule has 0 unspecified atom stereocenters. The molecule has 0 saturated carbocycles. The third kappa shape index (κ3) is 2.86. The van der Waals surface area contributed by atoms with Gasteiger partial charge >= 0.3 is 0 Å². The number of nitrogens with zero attached hydrogens (tertiary/aromatic N) is 1. The average molecular weight is 248 g/mol. The van der Waals surface area contributed by atoms with Crippen molar-refractivity contribution in [1.82, 2.24) is 4.98 Å². The van der Waals surface area contributed by atoms with Crippen molar-refractivity contribution >= 4 is 11.6 Å². The third-order valence-electron chi connectivity index (χ3n) is 2.59. The van der Waals surface area contributed by atoms with Crippen molar-refractivity contribution in [3.05, 3.63) is 53.2 Å². The van der Waals surface area contributed by atoms with E-state index in [2.05, 4.69) is 24.9 Å². The minimum atomic E-state index is 0. The van der Waals surface area contributed by atoms with Crippen LogP contribution in [0.2, 0.25) is 5.02 Å². The van der Waals surface area contributed by atoms with Crippen molar-refractivity contribution in [2.45, 2.75) is 27.2 Å². The molecule has 2 heteroatoms. The van der Waals surface area contributed by atoms with Crippen LogP contribution in [0.4, 0.5) is 0 Å². The van der Waals surface area contributed by atoms with Crippen molar-refractivity contribution in [3.8, 4) is 11.3 Å². The van der Waals surface area contributed by atoms with Crippen LogP contribution in [0, 0.1) is 0 Å². The molecular formula is C15H18ClN. The summed E-state index contributed by atoms with van der Waals surface area (Å²) in [6, 6.07) is 11.9. The zero-order valence-electron chi connectivity index (χ0n) is 9.44. The summed E-state index contributed by atoms with van der Waals surface area (Å²) >= 11 is 6.20. The molecule has 0 saturated heterocycles. The number of aromatic nitrogens is 1. The van der Waals surface area contributed by atoms with E-state index in [1.165, 1.54) is 5.56 Å². The van der Waals surface area contributed by atoms with Crippen molar-refractivity contribution in [1.29, 1.82) is 0 Å². The average Bonchev–Trinajstić information content (AvgIpc) is 2.29. The Balaban J connectivity index is 0.00000144. The van der Waals surface area contributed by atoms with Crippen LogP contribution in [-0.2, 0) is 0 Å². The number of halogens is 1. The van der Waals surface area contributed by atoms with Crippen molar-refractivity contribution in [3.63, 3.8) is 0 Å². The predicted octanol–water partition coefficient (Wildman–Crippen LogP) is 5.16. The lowest BCUT2D eigenvalue weighted by atomic mass is 9.97. The molecule has 1 nitrogen and oxygen atoms in total. The summed E-state index contributed by atoms with van der Waals surface area (Å²) < 4.78 is 0. The minimum absolute atomic E-state index is 0. The second-order valence-electron chi connectivity index (χ2n) is 4.08. The Morgan fingerprint density at radius 3 is 2.41 bits per heavy atom. The van der Waals surface area contributed by atoms with Gasteiger partial charge < -0.3 is 0 Å². The van der Waals surface area contributed by atoms with E-state index in [0.717, 1.165) is 16.3 Å². The van der Waals surface area contributed by atoms with Crippen LogP contribution < -0.4 is 0 Å². The van der Waals surface area contributed by atoms with Gasteiger partial charge in [0.1, 0.15) is 0 Å².